The fourth-order valence-electron chi connectivity index (χ4n) is 1.42. The monoisotopic (exact) mass is 256 g/mol. The van der Waals surface area contributed by atoms with Crippen molar-refractivity contribution < 1.29 is 19.1 Å². The van der Waals surface area contributed by atoms with Gasteiger partial charge in [-0.2, -0.15) is 0 Å². The van der Waals surface area contributed by atoms with Gasteiger partial charge in [-0.3, -0.25) is 4.79 Å². The molecule has 0 fully saturated rings. The van der Waals surface area contributed by atoms with Gasteiger partial charge in [0.05, 0.1) is 19.3 Å². The molecule has 0 saturated heterocycles. The van der Waals surface area contributed by atoms with Crippen molar-refractivity contribution in [3.63, 3.8) is 0 Å². The molecule has 0 aliphatic heterocycles. The molecule has 5 heteroatoms. The maximum atomic E-state index is 11.8. The van der Waals surface area contributed by atoms with Crippen LogP contribution in [-0.4, -0.2) is 25.5 Å². The first-order chi connectivity index (χ1) is 8.02. The summed E-state index contributed by atoms with van der Waals surface area (Å²) in [5, 5.41) is 0.474. The Balaban J connectivity index is 3.18. The van der Waals surface area contributed by atoms with Crippen LogP contribution in [0.15, 0.2) is 12.1 Å². The summed E-state index contributed by atoms with van der Waals surface area (Å²) < 4.78 is 9.74. The molecule has 0 atom stereocenters. The van der Waals surface area contributed by atoms with Gasteiger partial charge in [0.1, 0.15) is 5.75 Å². The van der Waals surface area contributed by atoms with E-state index in [9.17, 15) is 9.59 Å². The molecule has 0 aromatic heterocycles. The largest absolute Gasteiger partial charge is 0.496 e. The highest BCUT2D eigenvalue weighted by Crippen LogP contribution is 2.29. The first-order valence-electron chi connectivity index (χ1n) is 5.07. The third-order valence-corrected chi connectivity index (χ3v) is 2.66. The Hall–Kier alpha value is -1.55. The number of Topliss-reactive ketones (excluding diaryl/α,β-unsaturated/α-hetero) is 1. The van der Waals surface area contributed by atoms with E-state index in [0.29, 0.717) is 16.3 Å². The van der Waals surface area contributed by atoms with Crippen molar-refractivity contribution in [3.05, 3.63) is 28.3 Å². The van der Waals surface area contributed by atoms with Crippen LogP contribution >= 0.6 is 11.6 Å². The van der Waals surface area contributed by atoms with Crippen LogP contribution in [0.4, 0.5) is 0 Å². The fourth-order valence-corrected chi connectivity index (χ4v) is 1.56. The van der Waals surface area contributed by atoms with Crippen molar-refractivity contribution >= 4 is 23.4 Å². The highest BCUT2D eigenvalue weighted by Gasteiger charge is 2.23. The quantitative estimate of drug-likeness (QED) is 0.472. The lowest BCUT2D eigenvalue weighted by Gasteiger charge is -2.11. The van der Waals surface area contributed by atoms with Crippen molar-refractivity contribution in [1.82, 2.24) is 0 Å². The summed E-state index contributed by atoms with van der Waals surface area (Å²) in [5.41, 5.74) is 0.775. The lowest BCUT2D eigenvalue weighted by molar-refractivity contribution is -0.137. The van der Waals surface area contributed by atoms with E-state index in [1.54, 1.807) is 19.9 Å². The molecule has 0 N–H and O–H groups in total. The highest BCUT2D eigenvalue weighted by molar-refractivity contribution is 6.41. The molecule has 1 aromatic rings. The Morgan fingerprint density at radius 3 is 2.53 bits per heavy atom. The molecule has 0 unspecified atom stereocenters. The van der Waals surface area contributed by atoms with Crippen LogP contribution in [0.1, 0.15) is 22.8 Å². The van der Waals surface area contributed by atoms with E-state index in [1.165, 1.54) is 13.2 Å². The Morgan fingerprint density at radius 1 is 1.35 bits per heavy atom. The topological polar surface area (TPSA) is 52.6 Å². The lowest BCUT2D eigenvalue weighted by atomic mass is 10.1. The minimum absolute atomic E-state index is 0.152. The van der Waals surface area contributed by atoms with Crippen LogP contribution in [-0.2, 0) is 9.53 Å². The Morgan fingerprint density at radius 2 is 2.00 bits per heavy atom. The van der Waals surface area contributed by atoms with Crippen LogP contribution in [0.5, 0.6) is 5.75 Å². The second-order valence-corrected chi connectivity index (χ2v) is 3.71. The molecule has 92 valence electrons. The molecule has 0 radical (unpaired) electrons. The van der Waals surface area contributed by atoms with E-state index in [1.807, 2.05) is 0 Å². The van der Waals surface area contributed by atoms with Gasteiger partial charge in [0.15, 0.2) is 0 Å². The highest BCUT2D eigenvalue weighted by atomic mass is 35.5. The number of esters is 1. The normalized spacial score (nSPS) is 9.88. The minimum atomic E-state index is -0.896. The molecule has 0 amide bonds. The Kier molecular flexibility index (Phi) is 4.52. The predicted octanol–water partition coefficient (Wildman–Crippen LogP) is 2.40. The standard InChI is InChI=1S/C12H13ClO4/c1-4-17-12(15)10(14)8-5-6-9(13)7(2)11(8)16-3/h5-6H,4H2,1-3H3. The van der Waals surface area contributed by atoms with Crippen LogP contribution in [0.25, 0.3) is 0 Å². The molecule has 1 rings (SSSR count). The molecule has 0 saturated carbocycles. The average Bonchev–Trinajstić information content (AvgIpc) is 2.31. The maximum Gasteiger partial charge on any atom is 0.379 e. The summed E-state index contributed by atoms with van der Waals surface area (Å²) in [6.45, 7) is 3.50. The minimum Gasteiger partial charge on any atom is -0.496 e. The van der Waals surface area contributed by atoms with Gasteiger partial charge in [0.2, 0.25) is 0 Å². The SMILES string of the molecule is CCOC(=O)C(=O)c1ccc(Cl)c(C)c1OC. The second-order valence-electron chi connectivity index (χ2n) is 3.30. The van der Waals surface area contributed by atoms with E-state index in [0.717, 1.165) is 0 Å². The zero-order valence-electron chi connectivity index (χ0n) is 9.87. The number of hydrogen-bond donors (Lipinski definition) is 0. The maximum absolute atomic E-state index is 11.8. The number of carbonyl (C=O) groups is 2. The molecule has 1 aromatic carbocycles. The molecule has 0 aliphatic carbocycles. The summed E-state index contributed by atoms with van der Waals surface area (Å²) in [7, 11) is 1.42. The van der Waals surface area contributed by atoms with Crippen molar-refractivity contribution in [2.75, 3.05) is 13.7 Å². The van der Waals surface area contributed by atoms with Crippen molar-refractivity contribution in [2.24, 2.45) is 0 Å². The van der Waals surface area contributed by atoms with Gasteiger partial charge in [-0.05, 0) is 26.0 Å². The molecular weight excluding hydrogens is 244 g/mol. The van der Waals surface area contributed by atoms with E-state index in [-0.39, 0.29) is 12.2 Å². The van der Waals surface area contributed by atoms with Gasteiger partial charge in [-0.1, -0.05) is 11.6 Å². The molecule has 0 heterocycles. The first-order valence-corrected chi connectivity index (χ1v) is 5.45. The van der Waals surface area contributed by atoms with E-state index < -0.39 is 11.8 Å². The second kappa shape index (κ2) is 5.68. The molecule has 17 heavy (non-hydrogen) atoms. The van der Waals surface area contributed by atoms with Crippen LogP contribution < -0.4 is 4.74 Å². The zero-order valence-corrected chi connectivity index (χ0v) is 10.6. The molecule has 0 aliphatic rings. The number of benzene rings is 1. The van der Waals surface area contributed by atoms with E-state index >= 15 is 0 Å². The summed E-state index contributed by atoms with van der Waals surface area (Å²) in [5.74, 6) is -1.33. The van der Waals surface area contributed by atoms with Gasteiger partial charge in [-0.25, -0.2) is 4.79 Å². The van der Waals surface area contributed by atoms with Crippen molar-refractivity contribution in [2.45, 2.75) is 13.8 Å². The third kappa shape index (κ3) is 2.77. The molecule has 0 spiro atoms. The Bertz CT molecular complexity index is 454. The number of carbonyl (C=O) groups excluding carboxylic acids is 2. The van der Waals surface area contributed by atoms with Crippen LogP contribution in [0.3, 0.4) is 0 Å². The number of rotatable bonds is 4. The summed E-state index contributed by atoms with van der Waals surface area (Å²) in [6.07, 6.45) is 0. The number of halogens is 1. The number of methoxy groups -OCH3 is 1. The molecular formula is C12H13ClO4. The van der Waals surface area contributed by atoms with E-state index in [4.69, 9.17) is 16.3 Å². The Labute approximate surface area is 104 Å². The summed E-state index contributed by atoms with van der Waals surface area (Å²) in [6, 6.07) is 3.00. The number of hydrogen-bond acceptors (Lipinski definition) is 4. The van der Waals surface area contributed by atoms with Gasteiger partial charge in [0, 0.05) is 10.6 Å². The van der Waals surface area contributed by atoms with Gasteiger partial charge >= 0.3 is 5.97 Å². The zero-order chi connectivity index (χ0) is 13.0. The third-order valence-electron chi connectivity index (χ3n) is 2.25. The molecule has 0 bridgehead atoms. The fraction of sp³-hybridized carbons (Fsp3) is 0.333. The lowest BCUT2D eigenvalue weighted by Crippen LogP contribution is -2.18. The number of ketones is 1. The first kappa shape index (κ1) is 13.5. The number of ether oxygens (including phenoxy) is 2. The smallest absolute Gasteiger partial charge is 0.379 e. The van der Waals surface area contributed by atoms with E-state index in [2.05, 4.69) is 4.74 Å². The van der Waals surface area contributed by atoms with Crippen LogP contribution in [0.2, 0.25) is 5.02 Å². The van der Waals surface area contributed by atoms with Gasteiger partial charge < -0.3 is 9.47 Å². The average molecular weight is 257 g/mol. The summed E-state index contributed by atoms with van der Waals surface area (Å²) in [4.78, 5) is 23.1. The van der Waals surface area contributed by atoms with Gasteiger partial charge in [0.25, 0.3) is 5.78 Å². The van der Waals surface area contributed by atoms with Crippen molar-refractivity contribution in [1.29, 1.82) is 0 Å². The predicted molar refractivity (Wildman–Crippen MR) is 63.7 cm³/mol. The van der Waals surface area contributed by atoms with Crippen LogP contribution in [0, 0.1) is 6.92 Å². The molecule has 4 nitrogen and oxygen atoms in total. The van der Waals surface area contributed by atoms with Gasteiger partial charge in [-0.15, -0.1) is 0 Å². The summed E-state index contributed by atoms with van der Waals surface area (Å²) >= 11 is 5.90. The van der Waals surface area contributed by atoms with Crippen molar-refractivity contribution in [3.8, 4) is 5.75 Å².